The van der Waals surface area contributed by atoms with E-state index in [4.69, 9.17) is 4.74 Å². The minimum atomic E-state index is -1.74. The van der Waals surface area contributed by atoms with Crippen LogP contribution in [0.3, 0.4) is 0 Å². The van der Waals surface area contributed by atoms with Gasteiger partial charge in [-0.15, -0.1) is 11.3 Å². The molecule has 2 N–H and O–H groups in total. The lowest BCUT2D eigenvalue weighted by molar-refractivity contribution is -0.151. The summed E-state index contributed by atoms with van der Waals surface area (Å²) in [5.74, 6) is -4.64. The van der Waals surface area contributed by atoms with Gasteiger partial charge in [-0.3, -0.25) is 24.6 Å². The number of nitrogens with one attached hydrogen (secondary N) is 1. The predicted octanol–water partition coefficient (Wildman–Crippen LogP) is 3.95. The summed E-state index contributed by atoms with van der Waals surface area (Å²) in [7, 11) is 1.29. The number of imide groups is 1. The number of rotatable bonds is 8. The highest BCUT2D eigenvalue weighted by molar-refractivity contribution is 7.09. The highest BCUT2D eigenvalue weighted by Crippen LogP contribution is 2.50. The molecule has 9 nitrogen and oxygen atoms in total. The number of methoxy groups -OCH3 is 1. The summed E-state index contributed by atoms with van der Waals surface area (Å²) in [5, 5.41) is 16.0. The van der Waals surface area contributed by atoms with Crippen molar-refractivity contribution in [3.8, 4) is 0 Å². The molecule has 3 heterocycles. The summed E-state index contributed by atoms with van der Waals surface area (Å²) in [6.07, 6.45) is 0.454. The third kappa shape index (κ3) is 4.56. The van der Waals surface area contributed by atoms with Gasteiger partial charge in [0.05, 0.1) is 35.7 Å². The lowest BCUT2D eigenvalue weighted by Crippen LogP contribution is -2.57. The zero-order valence-electron chi connectivity index (χ0n) is 23.1. The molecular weight excluding hydrogens is 554 g/mol. The average molecular weight is 584 g/mol. The molecule has 2 fully saturated rings. The number of fused-ring (bicyclic) bond motifs is 2. The maximum atomic E-state index is 14.1. The normalized spacial score (nSPS) is 23.4. The van der Waals surface area contributed by atoms with Crippen LogP contribution in [0.1, 0.15) is 38.1 Å². The minimum absolute atomic E-state index is 0.00584. The molecule has 0 aliphatic carbocycles. The number of ether oxygens (including phenoxy) is 1. The lowest BCUT2D eigenvalue weighted by Gasteiger charge is -2.31. The van der Waals surface area contributed by atoms with Gasteiger partial charge in [-0.2, -0.15) is 0 Å². The number of carboxylic acid groups (broad SMARTS) is 1. The number of aliphatic carboxylic acids is 1. The Bertz CT molecular complexity index is 1720. The molecule has 0 radical (unpaired) electrons. The number of hydrogen-bond acceptors (Lipinski definition) is 8. The van der Waals surface area contributed by atoms with Gasteiger partial charge in [0.2, 0.25) is 11.8 Å². The molecular formula is C32H29N3O6S. The minimum Gasteiger partial charge on any atom is -0.480 e. The molecule has 4 atom stereocenters. The number of carbonyl (C=O) groups is 4. The van der Waals surface area contributed by atoms with Crippen LogP contribution >= 0.6 is 11.3 Å². The fourth-order valence-electron chi connectivity index (χ4n) is 6.40. The monoisotopic (exact) mass is 583 g/mol. The summed E-state index contributed by atoms with van der Waals surface area (Å²) in [6, 6.07) is 19.3. The number of aryl methyl sites for hydroxylation is 1. The van der Waals surface area contributed by atoms with Crippen molar-refractivity contribution in [3.05, 3.63) is 99.5 Å². The van der Waals surface area contributed by atoms with Crippen LogP contribution in [0.15, 0.2) is 72.2 Å². The van der Waals surface area contributed by atoms with Gasteiger partial charge < -0.3 is 9.84 Å². The Morgan fingerprint density at radius 2 is 1.79 bits per heavy atom. The first-order valence-corrected chi connectivity index (χ1v) is 14.5. The van der Waals surface area contributed by atoms with Crippen LogP contribution in [0.4, 0.5) is 0 Å². The van der Waals surface area contributed by atoms with E-state index in [2.05, 4.69) is 10.3 Å². The summed E-state index contributed by atoms with van der Waals surface area (Å²) < 4.78 is 4.80. The van der Waals surface area contributed by atoms with E-state index < -0.39 is 47.2 Å². The Labute approximate surface area is 246 Å². The molecule has 1 aromatic heterocycles. The topological polar surface area (TPSA) is 126 Å². The van der Waals surface area contributed by atoms with Crippen molar-refractivity contribution in [1.29, 1.82) is 0 Å². The Morgan fingerprint density at radius 1 is 1.05 bits per heavy atom. The van der Waals surface area contributed by atoms with Crippen molar-refractivity contribution in [2.24, 2.45) is 11.8 Å². The van der Waals surface area contributed by atoms with Gasteiger partial charge in [-0.25, -0.2) is 9.78 Å². The highest BCUT2D eigenvalue weighted by Gasteiger charge is 2.68. The van der Waals surface area contributed by atoms with Gasteiger partial charge in [0.1, 0.15) is 5.54 Å². The van der Waals surface area contributed by atoms with E-state index in [0.717, 1.165) is 26.9 Å². The molecule has 2 aliphatic heterocycles. The quantitative estimate of drug-likeness (QED) is 0.236. The Hall–Kier alpha value is -4.41. The third-order valence-corrected chi connectivity index (χ3v) is 9.52. The smallest absolute Gasteiger partial charge is 0.337 e. The summed E-state index contributed by atoms with van der Waals surface area (Å²) in [5.41, 5.74) is 2.51. The van der Waals surface area contributed by atoms with E-state index in [1.54, 1.807) is 29.8 Å². The molecule has 2 aliphatic rings. The third-order valence-electron chi connectivity index (χ3n) is 8.52. The molecule has 0 bridgehead atoms. The Balaban J connectivity index is 1.41. The SMILES string of the molecule is COC(=O)c1ccc(C2NC(Cc3ccc4ccccc4c3)(C(=O)O)C3C(=O)N(CCc4scnc4C)C(=O)C23)cc1. The van der Waals surface area contributed by atoms with Crippen molar-refractivity contribution in [2.75, 3.05) is 13.7 Å². The van der Waals surface area contributed by atoms with E-state index >= 15 is 0 Å². The van der Waals surface area contributed by atoms with Gasteiger partial charge in [0.15, 0.2) is 0 Å². The second-order valence-electron chi connectivity index (χ2n) is 10.8. The summed E-state index contributed by atoms with van der Waals surface area (Å²) >= 11 is 1.46. The number of nitrogens with zero attached hydrogens (tertiary/aromatic N) is 2. The van der Waals surface area contributed by atoms with Crippen LogP contribution in [0.2, 0.25) is 0 Å². The van der Waals surface area contributed by atoms with E-state index in [0.29, 0.717) is 17.5 Å². The van der Waals surface area contributed by atoms with E-state index in [-0.39, 0.29) is 13.0 Å². The number of esters is 1. The second kappa shape index (κ2) is 10.8. The molecule has 4 unspecified atom stereocenters. The highest BCUT2D eigenvalue weighted by atomic mass is 32.1. The lowest BCUT2D eigenvalue weighted by atomic mass is 9.76. The van der Waals surface area contributed by atoms with Crippen molar-refractivity contribution in [1.82, 2.24) is 15.2 Å². The van der Waals surface area contributed by atoms with E-state index in [1.807, 2.05) is 49.4 Å². The molecule has 0 saturated carbocycles. The molecule has 42 heavy (non-hydrogen) atoms. The number of carboxylic acids is 1. The van der Waals surface area contributed by atoms with Crippen molar-refractivity contribution in [2.45, 2.75) is 31.3 Å². The van der Waals surface area contributed by atoms with Gasteiger partial charge in [0.25, 0.3) is 0 Å². The molecule has 6 rings (SSSR count). The molecule has 214 valence electrons. The number of aromatic nitrogens is 1. The second-order valence-corrected chi connectivity index (χ2v) is 11.8. The molecule has 2 amide bonds. The van der Waals surface area contributed by atoms with Crippen LogP contribution in [-0.4, -0.2) is 57.9 Å². The zero-order valence-corrected chi connectivity index (χ0v) is 23.9. The summed E-state index contributed by atoms with van der Waals surface area (Å²) in [6.45, 7) is 2.03. The van der Waals surface area contributed by atoms with Crippen molar-refractivity contribution < 1.29 is 29.0 Å². The number of thiazole rings is 1. The van der Waals surface area contributed by atoms with Crippen LogP contribution < -0.4 is 5.32 Å². The maximum Gasteiger partial charge on any atom is 0.337 e. The molecule has 2 saturated heterocycles. The molecule has 10 heteroatoms. The average Bonchev–Trinajstić information content (AvgIpc) is 3.64. The van der Waals surface area contributed by atoms with Crippen LogP contribution in [0.5, 0.6) is 0 Å². The van der Waals surface area contributed by atoms with E-state index in [9.17, 15) is 24.3 Å². The number of likely N-dealkylation sites (tertiary alicyclic amines) is 1. The largest absolute Gasteiger partial charge is 0.480 e. The van der Waals surface area contributed by atoms with Crippen molar-refractivity contribution in [3.63, 3.8) is 0 Å². The number of carbonyl (C=O) groups excluding carboxylic acids is 3. The zero-order chi connectivity index (χ0) is 29.6. The number of benzene rings is 3. The van der Waals surface area contributed by atoms with Crippen molar-refractivity contribution >= 4 is 45.9 Å². The Morgan fingerprint density at radius 3 is 2.45 bits per heavy atom. The summed E-state index contributed by atoms with van der Waals surface area (Å²) in [4.78, 5) is 59.7. The first-order valence-electron chi connectivity index (χ1n) is 13.6. The maximum absolute atomic E-state index is 14.1. The fourth-order valence-corrected chi connectivity index (χ4v) is 7.17. The number of amides is 2. The van der Waals surface area contributed by atoms with Gasteiger partial charge >= 0.3 is 11.9 Å². The first-order chi connectivity index (χ1) is 20.2. The fraction of sp³-hybridized carbons (Fsp3) is 0.281. The van der Waals surface area contributed by atoms with Crippen LogP contribution in [0.25, 0.3) is 10.8 Å². The Kier molecular flexibility index (Phi) is 7.12. The molecule has 4 aromatic rings. The van der Waals surface area contributed by atoms with Gasteiger partial charge in [-0.05, 0) is 41.0 Å². The first kappa shape index (κ1) is 27.7. The molecule has 3 aromatic carbocycles. The van der Waals surface area contributed by atoms with Crippen LogP contribution in [0, 0.1) is 18.8 Å². The van der Waals surface area contributed by atoms with Crippen LogP contribution in [-0.2, 0) is 32.0 Å². The standard InChI is InChI=1S/C32H29N3O6S/c1-18-24(42-17-33-18)13-14-35-28(36)25-26(29(35)37)32(31(39)40,16-19-7-8-20-5-3-4-6-23(20)15-19)34-27(25)21-9-11-22(12-10-21)30(38)41-2/h3-12,15,17,25-27,34H,13-14,16H2,1-2H3,(H,39,40). The molecule has 0 spiro atoms. The predicted molar refractivity (Wildman–Crippen MR) is 156 cm³/mol. The van der Waals surface area contributed by atoms with Gasteiger partial charge in [-0.1, -0.05) is 54.6 Å². The van der Waals surface area contributed by atoms with E-state index in [1.165, 1.54) is 23.3 Å². The van der Waals surface area contributed by atoms with Gasteiger partial charge in [0, 0.05) is 30.3 Å². The number of hydrogen-bond donors (Lipinski definition) is 2.